The van der Waals surface area contributed by atoms with Crippen molar-refractivity contribution in [2.24, 2.45) is 0 Å². The fourth-order valence-corrected chi connectivity index (χ4v) is 3.55. The first-order valence-electron chi connectivity index (χ1n) is 9.88. The summed E-state index contributed by atoms with van der Waals surface area (Å²) in [5.41, 5.74) is 2.47. The Labute approximate surface area is 184 Å². The second-order valence-corrected chi connectivity index (χ2v) is 7.02. The number of ketones is 1. The molecule has 0 saturated carbocycles. The lowest BCUT2D eigenvalue weighted by Crippen LogP contribution is -2.13. The van der Waals surface area contributed by atoms with Gasteiger partial charge in [0, 0.05) is 28.3 Å². The number of hydrogen-bond acceptors (Lipinski definition) is 5. The average molecular weight is 430 g/mol. The average Bonchev–Trinajstić information content (AvgIpc) is 3.28. The Morgan fingerprint density at radius 3 is 2.19 bits per heavy atom. The van der Waals surface area contributed by atoms with Crippen LogP contribution in [0, 0.1) is 0 Å². The minimum Gasteiger partial charge on any atom is -0.496 e. The van der Waals surface area contributed by atoms with E-state index < -0.39 is 0 Å². The third-order valence-corrected chi connectivity index (χ3v) is 5.10. The molecule has 0 spiro atoms. The quantitative estimate of drug-likeness (QED) is 0.416. The molecule has 0 unspecified atom stereocenters. The highest BCUT2D eigenvalue weighted by molar-refractivity contribution is 6.11. The maximum absolute atomic E-state index is 12.9. The standard InChI is InChI=1S/C25H22N2O5/c1-30-20-14-21(31-2)24(32-3)22-18(20)13-19(27-22)25(29)26-17-11-7-10-16(12-17)23(28)15-8-5-4-6-9-15/h4-14,27H,1-3H3,(H,26,29). The molecule has 0 aliphatic heterocycles. The van der Waals surface area contributed by atoms with E-state index in [1.165, 1.54) is 14.2 Å². The number of rotatable bonds is 7. The topological polar surface area (TPSA) is 89.6 Å². The van der Waals surface area contributed by atoms with Gasteiger partial charge in [-0.3, -0.25) is 9.59 Å². The van der Waals surface area contributed by atoms with Crippen molar-refractivity contribution in [3.05, 3.63) is 83.6 Å². The number of nitrogens with one attached hydrogen (secondary N) is 2. The number of carbonyl (C=O) groups is 2. The van der Waals surface area contributed by atoms with Crippen LogP contribution in [-0.4, -0.2) is 38.0 Å². The van der Waals surface area contributed by atoms with Crippen LogP contribution in [0.4, 0.5) is 5.69 Å². The third-order valence-electron chi connectivity index (χ3n) is 5.10. The van der Waals surface area contributed by atoms with Crippen LogP contribution in [0.5, 0.6) is 17.2 Å². The number of hydrogen-bond donors (Lipinski definition) is 2. The van der Waals surface area contributed by atoms with Crippen LogP contribution in [0.3, 0.4) is 0 Å². The summed E-state index contributed by atoms with van der Waals surface area (Å²) in [6.45, 7) is 0. The van der Waals surface area contributed by atoms with E-state index >= 15 is 0 Å². The van der Waals surface area contributed by atoms with Gasteiger partial charge in [0.25, 0.3) is 5.91 Å². The molecule has 32 heavy (non-hydrogen) atoms. The molecule has 0 saturated heterocycles. The predicted molar refractivity (Wildman–Crippen MR) is 122 cm³/mol. The Morgan fingerprint density at radius 2 is 1.50 bits per heavy atom. The summed E-state index contributed by atoms with van der Waals surface area (Å²) in [7, 11) is 4.60. The Balaban J connectivity index is 1.64. The van der Waals surface area contributed by atoms with E-state index in [-0.39, 0.29) is 11.7 Å². The monoisotopic (exact) mass is 430 g/mol. The summed E-state index contributed by atoms with van der Waals surface area (Å²) in [6.07, 6.45) is 0. The minimum absolute atomic E-state index is 0.117. The molecule has 0 aliphatic rings. The highest BCUT2D eigenvalue weighted by Gasteiger charge is 2.20. The maximum Gasteiger partial charge on any atom is 0.272 e. The van der Waals surface area contributed by atoms with Gasteiger partial charge in [-0.05, 0) is 18.2 Å². The number of methoxy groups -OCH3 is 3. The van der Waals surface area contributed by atoms with Gasteiger partial charge in [-0.15, -0.1) is 0 Å². The van der Waals surface area contributed by atoms with E-state index in [2.05, 4.69) is 10.3 Å². The molecule has 0 fully saturated rings. The molecule has 7 nitrogen and oxygen atoms in total. The zero-order valence-electron chi connectivity index (χ0n) is 17.9. The number of H-pyrrole nitrogens is 1. The molecule has 4 rings (SSSR count). The molecule has 1 heterocycles. The summed E-state index contributed by atoms with van der Waals surface area (Å²) in [5.74, 6) is 1.02. The predicted octanol–water partition coefficient (Wildman–Crippen LogP) is 4.68. The lowest BCUT2D eigenvalue weighted by molar-refractivity contribution is 0.101. The van der Waals surface area contributed by atoms with Crippen LogP contribution in [0.25, 0.3) is 10.9 Å². The molecule has 0 atom stereocenters. The molecular formula is C25H22N2O5. The zero-order chi connectivity index (χ0) is 22.7. The number of aromatic amines is 1. The minimum atomic E-state index is -0.367. The lowest BCUT2D eigenvalue weighted by atomic mass is 10.0. The van der Waals surface area contributed by atoms with Crippen molar-refractivity contribution < 1.29 is 23.8 Å². The Morgan fingerprint density at radius 1 is 0.781 bits per heavy atom. The molecule has 162 valence electrons. The van der Waals surface area contributed by atoms with Gasteiger partial charge in [-0.25, -0.2) is 0 Å². The highest BCUT2D eigenvalue weighted by atomic mass is 16.5. The SMILES string of the molecule is COc1cc(OC)c2cc(C(=O)Nc3cccc(C(=O)c4ccccc4)c3)[nH]c2c1OC. The summed E-state index contributed by atoms with van der Waals surface area (Å²) >= 11 is 0. The number of carbonyl (C=O) groups excluding carboxylic acids is 2. The Hall–Kier alpha value is -4.26. The van der Waals surface area contributed by atoms with E-state index in [9.17, 15) is 9.59 Å². The number of benzene rings is 3. The number of aromatic nitrogens is 1. The fourth-order valence-electron chi connectivity index (χ4n) is 3.55. The highest BCUT2D eigenvalue weighted by Crippen LogP contribution is 2.41. The van der Waals surface area contributed by atoms with Gasteiger partial charge in [-0.2, -0.15) is 0 Å². The molecule has 0 aliphatic carbocycles. The van der Waals surface area contributed by atoms with Gasteiger partial charge in [-0.1, -0.05) is 42.5 Å². The first-order valence-corrected chi connectivity index (χ1v) is 9.88. The molecular weight excluding hydrogens is 408 g/mol. The van der Waals surface area contributed by atoms with E-state index in [1.807, 2.05) is 18.2 Å². The normalized spacial score (nSPS) is 10.6. The van der Waals surface area contributed by atoms with Crippen LogP contribution in [0.1, 0.15) is 26.4 Å². The van der Waals surface area contributed by atoms with Crippen molar-refractivity contribution in [2.45, 2.75) is 0 Å². The largest absolute Gasteiger partial charge is 0.496 e. The van der Waals surface area contributed by atoms with Crippen molar-refractivity contribution in [3.63, 3.8) is 0 Å². The summed E-state index contributed by atoms with van der Waals surface area (Å²) in [5, 5.41) is 3.52. The van der Waals surface area contributed by atoms with Crippen molar-refractivity contribution in [1.29, 1.82) is 0 Å². The molecule has 2 N–H and O–H groups in total. The van der Waals surface area contributed by atoms with Gasteiger partial charge in [0.05, 0.1) is 26.8 Å². The van der Waals surface area contributed by atoms with E-state index in [0.717, 1.165) is 0 Å². The van der Waals surface area contributed by atoms with Gasteiger partial charge >= 0.3 is 0 Å². The van der Waals surface area contributed by atoms with Gasteiger partial charge in [0.1, 0.15) is 11.4 Å². The lowest BCUT2D eigenvalue weighted by Gasteiger charge is -2.11. The molecule has 0 radical (unpaired) electrons. The second-order valence-electron chi connectivity index (χ2n) is 7.02. The van der Waals surface area contributed by atoms with Gasteiger partial charge < -0.3 is 24.5 Å². The summed E-state index contributed by atoms with van der Waals surface area (Å²) < 4.78 is 16.3. The van der Waals surface area contributed by atoms with E-state index in [0.29, 0.717) is 50.7 Å². The first kappa shape index (κ1) is 21.0. The van der Waals surface area contributed by atoms with Crippen LogP contribution >= 0.6 is 0 Å². The maximum atomic E-state index is 12.9. The van der Waals surface area contributed by atoms with Gasteiger partial charge in [0.2, 0.25) is 0 Å². The number of amides is 1. The van der Waals surface area contributed by atoms with Crippen LogP contribution < -0.4 is 19.5 Å². The molecule has 0 bridgehead atoms. The molecule has 1 aromatic heterocycles. The van der Waals surface area contributed by atoms with Crippen molar-refractivity contribution in [1.82, 2.24) is 4.98 Å². The zero-order valence-corrected chi connectivity index (χ0v) is 17.9. The van der Waals surface area contributed by atoms with Crippen molar-refractivity contribution in [2.75, 3.05) is 26.6 Å². The summed E-state index contributed by atoms with van der Waals surface area (Å²) in [6, 6.07) is 19.2. The van der Waals surface area contributed by atoms with E-state index in [1.54, 1.807) is 55.6 Å². The van der Waals surface area contributed by atoms with Crippen LogP contribution in [-0.2, 0) is 0 Å². The number of ether oxygens (including phenoxy) is 3. The van der Waals surface area contributed by atoms with Crippen LogP contribution in [0.15, 0.2) is 66.7 Å². The van der Waals surface area contributed by atoms with Crippen molar-refractivity contribution in [3.8, 4) is 17.2 Å². The third kappa shape index (κ3) is 3.88. The second kappa shape index (κ2) is 8.85. The summed E-state index contributed by atoms with van der Waals surface area (Å²) in [4.78, 5) is 28.7. The van der Waals surface area contributed by atoms with E-state index in [4.69, 9.17) is 14.2 Å². The smallest absolute Gasteiger partial charge is 0.272 e. The van der Waals surface area contributed by atoms with Crippen molar-refractivity contribution >= 4 is 28.3 Å². The Kier molecular flexibility index (Phi) is 5.81. The first-order chi connectivity index (χ1) is 15.5. The van der Waals surface area contributed by atoms with Crippen LogP contribution in [0.2, 0.25) is 0 Å². The molecule has 4 aromatic rings. The molecule has 7 heteroatoms. The van der Waals surface area contributed by atoms with Gasteiger partial charge in [0.15, 0.2) is 17.3 Å². The number of fused-ring (bicyclic) bond motifs is 1. The number of anilines is 1. The Bertz CT molecular complexity index is 1290. The molecule has 3 aromatic carbocycles. The fraction of sp³-hybridized carbons (Fsp3) is 0.120. The molecule has 1 amide bonds.